The van der Waals surface area contributed by atoms with Crippen LogP contribution in [-0.4, -0.2) is 59.1 Å². The SMILES string of the molecule is CC(C(=O)O)N1CCN(C2CC3CCC2C3)CC1. The number of carbonyl (C=O) groups is 1. The first-order valence-corrected chi connectivity index (χ1v) is 7.36. The Hall–Kier alpha value is -0.610. The molecule has 4 atom stereocenters. The third-order valence-electron chi connectivity index (χ3n) is 5.42. The Balaban J connectivity index is 1.53. The second-order valence-corrected chi connectivity index (χ2v) is 6.33. The average molecular weight is 252 g/mol. The molecule has 0 spiro atoms. The van der Waals surface area contributed by atoms with Crippen LogP contribution in [-0.2, 0) is 4.79 Å². The number of hydrogen-bond donors (Lipinski definition) is 1. The predicted molar refractivity (Wildman–Crippen MR) is 69.5 cm³/mol. The molecular formula is C14H24N2O2. The van der Waals surface area contributed by atoms with Gasteiger partial charge >= 0.3 is 5.97 Å². The molecule has 0 aromatic rings. The fraction of sp³-hybridized carbons (Fsp3) is 0.929. The highest BCUT2D eigenvalue weighted by molar-refractivity contribution is 5.72. The van der Waals surface area contributed by atoms with Gasteiger partial charge in [-0.05, 0) is 38.0 Å². The van der Waals surface area contributed by atoms with E-state index in [-0.39, 0.29) is 6.04 Å². The van der Waals surface area contributed by atoms with E-state index in [1.165, 1.54) is 25.7 Å². The number of nitrogens with zero attached hydrogens (tertiary/aromatic N) is 2. The Morgan fingerprint density at radius 3 is 2.39 bits per heavy atom. The van der Waals surface area contributed by atoms with Crippen LogP contribution in [0, 0.1) is 11.8 Å². The smallest absolute Gasteiger partial charge is 0.320 e. The van der Waals surface area contributed by atoms with Crippen LogP contribution in [0.2, 0.25) is 0 Å². The van der Waals surface area contributed by atoms with Gasteiger partial charge in [-0.15, -0.1) is 0 Å². The molecule has 3 aliphatic rings. The van der Waals surface area contributed by atoms with Crippen LogP contribution in [0.25, 0.3) is 0 Å². The summed E-state index contributed by atoms with van der Waals surface area (Å²) < 4.78 is 0. The van der Waals surface area contributed by atoms with Crippen LogP contribution >= 0.6 is 0 Å². The molecule has 18 heavy (non-hydrogen) atoms. The lowest BCUT2D eigenvalue weighted by Crippen LogP contribution is -2.55. The van der Waals surface area contributed by atoms with Crippen molar-refractivity contribution in [2.75, 3.05) is 26.2 Å². The second kappa shape index (κ2) is 4.82. The van der Waals surface area contributed by atoms with Crippen molar-refractivity contribution in [1.29, 1.82) is 0 Å². The average Bonchev–Trinajstić information content (AvgIpc) is 3.00. The van der Waals surface area contributed by atoms with Gasteiger partial charge < -0.3 is 5.11 Å². The quantitative estimate of drug-likeness (QED) is 0.821. The zero-order valence-corrected chi connectivity index (χ0v) is 11.2. The molecule has 1 saturated heterocycles. The van der Waals surface area contributed by atoms with Gasteiger partial charge in [0, 0.05) is 32.2 Å². The first kappa shape index (κ1) is 12.4. The highest BCUT2D eigenvalue weighted by atomic mass is 16.4. The molecule has 1 aliphatic heterocycles. The van der Waals surface area contributed by atoms with Gasteiger partial charge in [0.25, 0.3) is 0 Å². The van der Waals surface area contributed by atoms with Crippen LogP contribution in [0.15, 0.2) is 0 Å². The van der Waals surface area contributed by atoms with Crippen molar-refractivity contribution in [2.45, 2.75) is 44.7 Å². The van der Waals surface area contributed by atoms with Crippen molar-refractivity contribution in [2.24, 2.45) is 11.8 Å². The van der Waals surface area contributed by atoms with Crippen LogP contribution in [0.5, 0.6) is 0 Å². The number of aliphatic carboxylic acids is 1. The Labute approximate surface area is 109 Å². The molecule has 0 radical (unpaired) electrons. The van der Waals surface area contributed by atoms with E-state index in [1.807, 2.05) is 0 Å². The van der Waals surface area contributed by atoms with E-state index in [4.69, 9.17) is 5.11 Å². The largest absolute Gasteiger partial charge is 0.480 e. The monoisotopic (exact) mass is 252 g/mol. The third-order valence-corrected chi connectivity index (χ3v) is 5.42. The van der Waals surface area contributed by atoms with Crippen LogP contribution in [0.1, 0.15) is 32.6 Å². The van der Waals surface area contributed by atoms with Crippen molar-refractivity contribution in [3.05, 3.63) is 0 Å². The van der Waals surface area contributed by atoms with E-state index in [0.29, 0.717) is 0 Å². The predicted octanol–water partition coefficient (Wildman–Crippen LogP) is 1.27. The molecule has 102 valence electrons. The maximum absolute atomic E-state index is 11.0. The van der Waals surface area contributed by atoms with Gasteiger partial charge in [-0.2, -0.15) is 0 Å². The minimum Gasteiger partial charge on any atom is -0.480 e. The number of carboxylic acid groups (broad SMARTS) is 1. The first-order chi connectivity index (χ1) is 8.65. The summed E-state index contributed by atoms with van der Waals surface area (Å²) in [7, 11) is 0. The van der Waals surface area contributed by atoms with Gasteiger partial charge in [0.1, 0.15) is 6.04 Å². The molecule has 2 saturated carbocycles. The minimum absolute atomic E-state index is 0.327. The van der Waals surface area contributed by atoms with Crippen molar-refractivity contribution < 1.29 is 9.90 Å². The molecule has 4 nitrogen and oxygen atoms in total. The molecular weight excluding hydrogens is 228 g/mol. The molecule has 0 aromatic heterocycles. The molecule has 0 aromatic carbocycles. The Kier molecular flexibility index (Phi) is 3.32. The maximum atomic E-state index is 11.0. The summed E-state index contributed by atoms with van der Waals surface area (Å²) in [6, 6.07) is 0.484. The summed E-state index contributed by atoms with van der Waals surface area (Å²) in [5.41, 5.74) is 0. The summed E-state index contributed by atoms with van der Waals surface area (Å²) in [6.07, 6.45) is 5.74. The molecule has 2 aliphatic carbocycles. The van der Waals surface area contributed by atoms with Crippen molar-refractivity contribution >= 4 is 5.97 Å². The maximum Gasteiger partial charge on any atom is 0.320 e. The number of carboxylic acids is 1. The lowest BCUT2D eigenvalue weighted by Gasteiger charge is -2.42. The number of fused-ring (bicyclic) bond motifs is 2. The van der Waals surface area contributed by atoms with Gasteiger partial charge in [0.2, 0.25) is 0 Å². The van der Waals surface area contributed by atoms with Gasteiger partial charge in [0.15, 0.2) is 0 Å². The van der Waals surface area contributed by atoms with E-state index < -0.39 is 5.97 Å². The normalized spacial score (nSPS) is 39.1. The Bertz CT molecular complexity index is 326. The van der Waals surface area contributed by atoms with E-state index in [0.717, 1.165) is 44.1 Å². The highest BCUT2D eigenvalue weighted by Gasteiger charge is 2.43. The summed E-state index contributed by atoms with van der Waals surface area (Å²) >= 11 is 0. The topological polar surface area (TPSA) is 43.8 Å². The Morgan fingerprint density at radius 2 is 1.89 bits per heavy atom. The number of hydrogen-bond acceptors (Lipinski definition) is 3. The molecule has 1 N–H and O–H groups in total. The molecule has 4 heteroatoms. The van der Waals surface area contributed by atoms with Crippen molar-refractivity contribution in [1.82, 2.24) is 9.80 Å². The van der Waals surface area contributed by atoms with Crippen LogP contribution < -0.4 is 0 Å². The zero-order valence-electron chi connectivity index (χ0n) is 11.2. The fourth-order valence-corrected chi connectivity index (χ4v) is 4.27. The molecule has 3 fully saturated rings. The fourth-order valence-electron chi connectivity index (χ4n) is 4.27. The van der Waals surface area contributed by atoms with Crippen LogP contribution in [0.3, 0.4) is 0 Å². The van der Waals surface area contributed by atoms with Gasteiger partial charge in [0.05, 0.1) is 0 Å². The third kappa shape index (κ3) is 2.16. The summed E-state index contributed by atoms with van der Waals surface area (Å²) in [5, 5.41) is 9.04. The molecule has 0 amide bonds. The van der Waals surface area contributed by atoms with E-state index in [1.54, 1.807) is 6.92 Å². The Morgan fingerprint density at radius 1 is 1.17 bits per heavy atom. The van der Waals surface area contributed by atoms with E-state index in [2.05, 4.69) is 9.80 Å². The lowest BCUT2D eigenvalue weighted by atomic mass is 9.93. The molecule has 2 bridgehead atoms. The van der Waals surface area contributed by atoms with E-state index in [9.17, 15) is 4.79 Å². The lowest BCUT2D eigenvalue weighted by molar-refractivity contribution is -0.143. The second-order valence-electron chi connectivity index (χ2n) is 6.33. The zero-order chi connectivity index (χ0) is 12.7. The van der Waals surface area contributed by atoms with Crippen LogP contribution in [0.4, 0.5) is 0 Å². The summed E-state index contributed by atoms with van der Waals surface area (Å²) in [4.78, 5) is 15.7. The standard InChI is InChI=1S/C14H24N2O2/c1-10(14(17)18)15-4-6-16(7-5-15)13-9-11-2-3-12(13)8-11/h10-13H,2-9H2,1H3,(H,17,18). The van der Waals surface area contributed by atoms with Gasteiger partial charge in [-0.3, -0.25) is 14.6 Å². The molecule has 4 unspecified atom stereocenters. The highest BCUT2D eigenvalue weighted by Crippen LogP contribution is 2.46. The minimum atomic E-state index is -0.691. The molecule has 1 heterocycles. The summed E-state index contributed by atoms with van der Waals surface area (Å²) in [5.74, 6) is 1.25. The van der Waals surface area contributed by atoms with Crippen molar-refractivity contribution in [3.8, 4) is 0 Å². The van der Waals surface area contributed by atoms with E-state index >= 15 is 0 Å². The van der Waals surface area contributed by atoms with Gasteiger partial charge in [-0.25, -0.2) is 0 Å². The van der Waals surface area contributed by atoms with Gasteiger partial charge in [-0.1, -0.05) is 6.42 Å². The number of piperazine rings is 1. The van der Waals surface area contributed by atoms with Crippen molar-refractivity contribution in [3.63, 3.8) is 0 Å². The summed E-state index contributed by atoms with van der Waals surface area (Å²) in [6.45, 7) is 5.76. The first-order valence-electron chi connectivity index (χ1n) is 7.36. The number of rotatable bonds is 3. The molecule has 3 rings (SSSR count).